The number of aromatic nitrogens is 1. The number of hydrogen-bond donors (Lipinski definition) is 2. The highest BCUT2D eigenvalue weighted by Crippen LogP contribution is 2.38. The fraction of sp³-hybridized carbons (Fsp3) is 0.548. The predicted molar refractivity (Wildman–Crippen MR) is 159 cm³/mol. The van der Waals surface area contributed by atoms with Crippen molar-refractivity contribution >= 4 is 28.7 Å². The number of thioether (sulfide) groups is 1. The lowest BCUT2D eigenvalue weighted by Crippen LogP contribution is -2.59. The minimum Gasteiger partial charge on any atom is -0.465 e. The maximum absolute atomic E-state index is 13.9. The Morgan fingerprint density at radius 2 is 1.71 bits per heavy atom. The van der Waals surface area contributed by atoms with Crippen molar-refractivity contribution < 1.29 is 27.1 Å². The molecule has 0 aliphatic heterocycles. The molecule has 2 atom stereocenters. The standard InChI is InChI=1S/C31H42F3N3O3S/c1-8-21-11-13-23(24(9-2)37-21)26-14-19-10-12-22(15-25(19)40-26)41-17-20(31(32,33)34)16-39-27(38)29(5,6)30(7,36)18-28(3,4)35/h10-15,20H,8-9,16-18,35-36H2,1-7H3. The molecule has 0 aliphatic carbocycles. The largest absolute Gasteiger partial charge is 0.465 e. The number of ether oxygens (including phenoxy) is 1. The predicted octanol–water partition coefficient (Wildman–Crippen LogP) is 7.30. The van der Waals surface area contributed by atoms with Gasteiger partial charge in [0.25, 0.3) is 0 Å². The van der Waals surface area contributed by atoms with E-state index in [-0.39, 0.29) is 12.2 Å². The topological polar surface area (TPSA) is 104 Å². The lowest BCUT2D eigenvalue weighted by Gasteiger charge is -2.42. The van der Waals surface area contributed by atoms with Gasteiger partial charge >= 0.3 is 12.1 Å². The highest BCUT2D eigenvalue weighted by Gasteiger charge is 2.48. The Bertz CT molecular complexity index is 1360. The Hall–Kier alpha value is -2.56. The van der Waals surface area contributed by atoms with Crippen LogP contribution in [-0.2, 0) is 22.4 Å². The molecule has 0 saturated heterocycles. The second kappa shape index (κ2) is 12.4. The van der Waals surface area contributed by atoms with Crippen molar-refractivity contribution in [1.29, 1.82) is 0 Å². The summed E-state index contributed by atoms with van der Waals surface area (Å²) in [5.74, 6) is -2.31. The van der Waals surface area contributed by atoms with E-state index in [4.69, 9.17) is 25.6 Å². The Morgan fingerprint density at radius 3 is 2.29 bits per heavy atom. The van der Waals surface area contributed by atoms with Gasteiger partial charge in [-0.25, -0.2) is 0 Å². The van der Waals surface area contributed by atoms with Crippen LogP contribution in [0.2, 0.25) is 0 Å². The normalized spacial score (nSPS) is 15.1. The highest BCUT2D eigenvalue weighted by atomic mass is 32.2. The van der Waals surface area contributed by atoms with Crippen LogP contribution in [-0.4, -0.2) is 40.6 Å². The average molecular weight is 594 g/mol. The Balaban J connectivity index is 1.72. The fourth-order valence-electron chi connectivity index (χ4n) is 4.66. The Morgan fingerprint density at radius 1 is 1.02 bits per heavy atom. The molecule has 0 radical (unpaired) electrons. The number of benzene rings is 1. The Labute approximate surface area is 244 Å². The number of halogens is 3. The number of aryl methyl sites for hydroxylation is 2. The first kappa shape index (κ1) is 32.9. The number of hydrogen-bond acceptors (Lipinski definition) is 7. The maximum Gasteiger partial charge on any atom is 0.395 e. The molecular weight excluding hydrogens is 551 g/mol. The second-order valence-corrected chi connectivity index (χ2v) is 13.3. The molecule has 6 nitrogen and oxygen atoms in total. The zero-order chi connectivity index (χ0) is 30.8. The van der Waals surface area contributed by atoms with Crippen LogP contribution in [0, 0.1) is 11.3 Å². The molecule has 2 unspecified atom stereocenters. The van der Waals surface area contributed by atoms with E-state index in [2.05, 4.69) is 6.92 Å². The van der Waals surface area contributed by atoms with Crippen molar-refractivity contribution in [3.8, 4) is 11.3 Å². The smallest absolute Gasteiger partial charge is 0.395 e. The van der Waals surface area contributed by atoms with Gasteiger partial charge in [0.1, 0.15) is 18.0 Å². The summed E-state index contributed by atoms with van der Waals surface area (Å²) >= 11 is 1.04. The molecule has 2 aromatic heterocycles. The minimum atomic E-state index is -4.56. The molecule has 0 spiro atoms. The summed E-state index contributed by atoms with van der Waals surface area (Å²) in [5.41, 5.74) is 12.9. The van der Waals surface area contributed by atoms with Crippen molar-refractivity contribution in [2.45, 2.75) is 89.9 Å². The van der Waals surface area contributed by atoms with Crippen LogP contribution < -0.4 is 11.5 Å². The van der Waals surface area contributed by atoms with Gasteiger partial charge in [-0.05, 0) is 90.3 Å². The summed E-state index contributed by atoms with van der Waals surface area (Å²) in [6.07, 6.45) is -2.70. The van der Waals surface area contributed by atoms with Gasteiger partial charge in [0, 0.05) is 38.4 Å². The van der Waals surface area contributed by atoms with Crippen LogP contribution in [0.3, 0.4) is 0 Å². The molecule has 3 rings (SSSR count). The van der Waals surface area contributed by atoms with Crippen molar-refractivity contribution in [3.63, 3.8) is 0 Å². The van der Waals surface area contributed by atoms with Crippen LogP contribution in [0.25, 0.3) is 22.3 Å². The summed E-state index contributed by atoms with van der Waals surface area (Å²) in [6, 6.07) is 11.2. The maximum atomic E-state index is 13.9. The summed E-state index contributed by atoms with van der Waals surface area (Å²) in [6.45, 7) is 11.7. The molecule has 10 heteroatoms. The number of rotatable bonds is 12. The van der Waals surface area contributed by atoms with Crippen LogP contribution in [0.5, 0.6) is 0 Å². The number of pyridine rings is 1. The van der Waals surface area contributed by atoms with Gasteiger partial charge in [0.05, 0.1) is 17.0 Å². The van der Waals surface area contributed by atoms with E-state index in [9.17, 15) is 18.0 Å². The van der Waals surface area contributed by atoms with Gasteiger partial charge in [-0.15, -0.1) is 11.8 Å². The highest BCUT2D eigenvalue weighted by molar-refractivity contribution is 7.99. The molecule has 226 valence electrons. The summed E-state index contributed by atoms with van der Waals surface area (Å²) in [4.78, 5) is 18.2. The van der Waals surface area contributed by atoms with Gasteiger partial charge in [-0.3, -0.25) is 9.78 Å². The van der Waals surface area contributed by atoms with Gasteiger partial charge in [-0.2, -0.15) is 13.2 Å². The summed E-state index contributed by atoms with van der Waals surface area (Å²) < 4.78 is 53.1. The van der Waals surface area contributed by atoms with E-state index >= 15 is 0 Å². The number of esters is 1. The first-order chi connectivity index (χ1) is 18.9. The van der Waals surface area contributed by atoms with Crippen molar-refractivity contribution in [1.82, 2.24) is 4.98 Å². The molecule has 0 fully saturated rings. The molecule has 0 saturated carbocycles. The fourth-order valence-corrected chi connectivity index (χ4v) is 5.70. The third-order valence-corrected chi connectivity index (χ3v) is 8.73. The van der Waals surface area contributed by atoms with Crippen molar-refractivity contribution in [3.05, 3.63) is 47.8 Å². The monoisotopic (exact) mass is 593 g/mol. The van der Waals surface area contributed by atoms with E-state index in [0.717, 1.165) is 46.9 Å². The van der Waals surface area contributed by atoms with Crippen molar-refractivity contribution in [2.75, 3.05) is 12.4 Å². The lowest BCUT2D eigenvalue weighted by molar-refractivity contribution is -0.189. The zero-order valence-electron chi connectivity index (χ0n) is 24.9. The van der Waals surface area contributed by atoms with Crippen LogP contribution in [0.1, 0.15) is 66.3 Å². The number of fused-ring (bicyclic) bond motifs is 1. The van der Waals surface area contributed by atoms with Crippen LogP contribution in [0.4, 0.5) is 13.2 Å². The van der Waals surface area contributed by atoms with E-state index in [1.807, 2.05) is 31.2 Å². The van der Waals surface area contributed by atoms with E-state index < -0.39 is 41.2 Å². The molecular formula is C31H42F3N3O3S. The minimum absolute atomic E-state index is 0.276. The Kier molecular flexibility index (Phi) is 9.93. The van der Waals surface area contributed by atoms with Gasteiger partial charge in [0.15, 0.2) is 0 Å². The molecule has 41 heavy (non-hydrogen) atoms. The van der Waals surface area contributed by atoms with E-state index in [1.165, 1.54) is 0 Å². The number of nitrogens with zero attached hydrogens (tertiary/aromatic N) is 1. The quantitative estimate of drug-likeness (QED) is 0.168. The molecule has 2 heterocycles. The SMILES string of the molecule is CCc1ccc(-c2cc3ccc(SCC(COC(=O)C(C)(C)C(C)(N)CC(C)(C)N)C(F)(F)F)cc3o2)c(CC)n1. The zero-order valence-corrected chi connectivity index (χ0v) is 25.8. The van der Waals surface area contributed by atoms with Crippen LogP contribution >= 0.6 is 11.8 Å². The lowest BCUT2D eigenvalue weighted by atomic mass is 9.68. The molecule has 1 aromatic carbocycles. The number of carbonyl (C=O) groups is 1. The number of carbonyl (C=O) groups excluding carboxylic acids is 1. The summed E-state index contributed by atoms with van der Waals surface area (Å²) in [7, 11) is 0. The van der Waals surface area contributed by atoms with E-state index in [1.54, 1.807) is 46.8 Å². The number of nitrogens with two attached hydrogens (primary N) is 2. The van der Waals surface area contributed by atoms with E-state index in [0.29, 0.717) is 16.2 Å². The molecule has 0 aliphatic rings. The van der Waals surface area contributed by atoms with Crippen molar-refractivity contribution in [2.24, 2.45) is 22.8 Å². The van der Waals surface area contributed by atoms with Gasteiger partial charge in [0.2, 0.25) is 0 Å². The number of furan rings is 1. The molecule has 0 amide bonds. The first-order valence-electron chi connectivity index (χ1n) is 13.8. The molecule has 4 N–H and O–H groups in total. The first-order valence-corrected chi connectivity index (χ1v) is 14.8. The summed E-state index contributed by atoms with van der Waals surface area (Å²) in [5, 5.41) is 0.847. The molecule has 3 aromatic rings. The second-order valence-electron chi connectivity index (χ2n) is 12.2. The van der Waals surface area contributed by atoms with Gasteiger partial charge in [-0.1, -0.05) is 13.8 Å². The molecule has 0 bridgehead atoms. The average Bonchev–Trinajstić information content (AvgIpc) is 3.28. The number of alkyl halides is 3. The van der Waals surface area contributed by atoms with Gasteiger partial charge < -0.3 is 20.6 Å². The third kappa shape index (κ3) is 8.05. The van der Waals surface area contributed by atoms with Crippen LogP contribution in [0.15, 0.2) is 45.7 Å². The third-order valence-electron chi connectivity index (χ3n) is 7.58.